The number of sulfone groups is 1. The smallest absolute Gasteiger partial charge is 0.264 e. The zero-order valence-corrected chi connectivity index (χ0v) is 19.9. The standard InChI is InChI=1S/C20H25Cl2NO5S2/c1-3-29(25,26)12-4-5-15(2)23(20-13-18(22)7-6-16(20)14-24)30(27,28)19-10-8-17(21)9-11-19/h6-11,13,15,24H,3-5,12,14H2,1-2H3. The Morgan fingerprint density at radius 2 is 1.60 bits per heavy atom. The molecule has 0 aromatic heterocycles. The first-order valence-electron chi connectivity index (χ1n) is 9.41. The third-order valence-electron chi connectivity index (χ3n) is 4.74. The zero-order valence-electron chi connectivity index (χ0n) is 16.8. The molecule has 2 rings (SSSR count). The van der Waals surface area contributed by atoms with Gasteiger partial charge in [0.2, 0.25) is 0 Å². The Kier molecular flexibility index (Phi) is 8.59. The molecule has 0 saturated heterocycles. The van der Waals surface area contributed by atoms with Crippen molar-refractivity contribution in [3.8, 4) is 0 Å². The Hall–Kier alpha value is -1.32. The lowest BCUT2D eigenvalue weighted by molar-refractivity contribution is 0.282. The van der Waals surface area contributed by atoms with E-state index in [1.165, 1.54) is 34.6 Å². The van der Waals surface area contributed by atoms with Crippen LogP contribution in [0.5, 0.6) is 0 Å². The van der Waals surface area contributed by atoms with Gasteiger partial charge in [-0.15, -0.1) is 0 Å². The number of benzene rings is 2. The molecular formula is C20H25Cl2NO5S2. The van der Waals surface area contributed by atoms with Crippen LogP contribution in [0.15, 0.2) is 47.4 Å². The number of halogens is 2. The summed E-state index contributed by atoms with van der Waals surface area (Å²) >= 11 is 12.0. The number of nitrogens with zero attached hydrogens (tertiary/aromatic N) is 1. The number of hydrogen-bond acceptors (Lipinski definition) is 5. The Morgan fingerprint density at radius 3 is 2.17 bits per heavy atom. The SMILES string of the molecule is CCS(=O)(=O)CCCC(C)N(c1cc(Cl)ccc1CO)S(=O)(=O)c1ccc(Cl)cc1. The summed E-state index contributed by atoms with van der Waals surface area (Å²) in [6.07, 6.45) is 0.614. The third kappa shape index (κ3) is 6.11. The van der Waals surface area contributed by atoms with E-state index in [1.54, 1.807) is 26.0 Å². The summed E-state index contributed by atoms with van der Waals surface area (Å²) in [5.74, 6) is 0.0161. The number of rotatable bonds is 10. The van der Waals surface area contributed by atoms with Crippen LogP contribution in [-0.2, 0) is 26.5 Å². The van der Waals surface area contributed by atoms with Crippen molar-refractivity contribution in [1.29, 1.82) is 0 Å². The van der Waals surface area contributed by atoms with Gasteiger partial charge >= 0.3 is 0 Å². The van der Waals surface area contributed by atoms with E-state index >= 15 is 0 Å². The van der Waals surface area contributed by atoms with E-state index in [1.807, 2.05) is 0 Å². The molecule has 0 heterocycles. The Bertz CT molecular complexity index is 1070. The Morgan fingerprint density at radius 1 is 1.00 bits per heavy atom. The van der Waals surface area contributed by atoms with Gasteiger partial charge in [-0.2, -0.15) is 0 Å². The van der Waals surface area contributed by atoms with Gasteiger partial charge in [0.05, 0.1) is 22.9 Å². The highest BCUT2D eigenvalue weighted by atomic mass is 35.5. The van der Waals surface area contributed by atoms with Crippen molar-refractivity contribution in [3.63, 3.8) is 0 Å². The summed E-state index contributed by atoms with van der Waals surface area (Å²) < 4.78 is 51.9. The number of aliphatic hydroxyl groups is 1. The van der Waals surface area contributed by atoms with Crippen molar-refractivity contribution < 1.29 is 21.9 Å². The minimum Gasteiger partial charge on any atom is -0.392 e. The Balaban J connectivity index is 2.50. The predicted octanol–water partition coefficient (Wildman–Crippen LogP) is 4.28. The normalized spacial score (nSPS) is 13.2. The van der Waals surface area contributed by atoms with Crippen LogP contribution in [0, 0.1) is 0 Å². The fourth-order valence-electron chi connectivity index (χ4n) is 3.06. The second-order valence-electron chi connectivity index (χ2n) is 6.91. The van der Waals surface area contributed by atoms with Gasteiger partial charge in [0.15, 0.2) is 0 Å². The molecule has 10 heteroatoms. The van der Waals surface area contributed by atoms with Crippen LogP contribution in [-0.4, -0.2) is 39.5 Å². The largest absolute Gasteiger partial charge is 0.392 e. The first-order chi connectivity index (χ1) is 14.0. The lowest BCUT2D eigenvalue weighted by Gasteiger charge is -2.32. The fourth-order valence-corrected chi connectivity index (χ4v) is 5.96. The summed E-state index contributed by atoms with van der Waals surface area (Å²) in [5.41, 5.74) is 0.649. The van der Waals surface area contributed by atoms with E-state index < -0.39 is 25.9 Å². The minimum atomic E-state index is -4.04. The highest BCUT2D eigenvalue weighted by molar-refractivity contribution is 7.93. The molecule has 1 N–H and O–H groups in total. The van der Waals surface area contributed by atoms with E-state index in [0.29, 0.717) is 28.5 Å². The van der Waals surface area contributed by atoms with Crippen LogP contribution in [0.2, 0.25) is 10.0 Å². The first kappa shape index (κ1) is 24.9. The van der Waals surface area contributed by atoms with Gasteiger partial charge in [0.1, 0.15) is 9.84 Å². The van der Waals surface area contributed by atoms with Crippen molar-refractivity contribution in [3.05, 3.63) is 58.1 Å². The lowest BCUT2D eigenvalue weighted by Crippen LogP contribution is -2.39. The van der Waals surface area contributed by atoms with Gasteiger partial charge in [-0.05, 0) is 56.2 Å². The maximum atomic E-state index is 13.5. The van der Waals surface area contributed by atoms with Crippen LogP contribution < -0.4 is 4.31 Å². The molecule has 166 valence electrons. The molecule has 2 aromatic rings. The lowest BCUT2D eigenvalue weighted by atomic mass is 10.1. The van der Waals surface area contributed by atoms with Crippen molar-refractivity contribution in [2.75, 3.05) is 15.8 Å². The Labute approximate surface area is 188 Å². The summed E-state index contributed by atoms with van der Waals surface area (Å²) in [4.78, 5) is 0.0313. The van der Waals surface area contributed by atoms with Crippen molar-refractivity contribution >= 4 is 48.7 Å². The number of sulfonamides is 1. The summed E-state index contributed by atoms with van der Waals surface area (Å²) in [7, 11) is -7.20. The summed E-state index contributed by atoms with van der Waals surface area (Å²) in [6.45, 7) is 2.90. The third-order valence-corrected chi connectivity index (χ3v) is 8.96. The molecule has 2 aromatic carbocycles. The van der Waals surface area contributed by atoms with Gasteiger partial charge in [0.25, 0.3) is 10.0 Å². The van der Waals surface area contributed by atoms with Crippen LogP contribution >= 0.6 is 23.2 Å². The molecule has 0 spiro atoms. The van der Waals surface area contributed by atoms with E-state index in [9.17, 15) is 21.9 Å². The molecule has 0 amide bonds. The molecule has 1 unspecified atom stereocenters. The zero-order chi connectivity index (χ0) is 22.5. The molecule has 0 aliphatic rings. The quantitative estimate of drug-likeness (QED) is 0.532. The summed E-state index contributed by atoms with van der Waals surface area (Å²) in [5, 5.41) is 10.5. The number of hydrogen-bond donors (Lipinski definition) is 1. The average molecular weight is 494 g/mol. The highest BCUT2D eigenvalue weighted by Crippen LogP contribution is 2.33. The molecule has 30 heavy (non-hydrogen) atoms. The maximum Gasteiger partial charge on any atom is 0.264 e. The molecule has 0 aliphatic heterocycles. The number of aliphatic hydroxyl groups excluding tert-OH is 1. The molecule has 6 nitrogen and oxygen atoms in total. The van der Waals surface area contributed by atoms with Crippen LogP contribution in [0.25, 0.3) is 0 Å². The first-order valence-corrected chi connectivity index (χ1v) is 13.4. The van der Waals surface area contributed by atoms with Gasteiger partial charge in [0, 0.05) is 27.4 Å². The molecule has 0 fully saturated rings. The number of anilines is 1. The van der Waals surface area contributed by atoms with Crippen LogP contribution in [0.1, 0.15) is 32.3 Å². The van der Waals surface area contributed by atoms with E-state index in [4.69, 9.17) is 23.2 Å². The van der Waals surface area contributed by atoms with E-state index in [0.717, 1.165) is 0 Å². The van der Waals surface area contributed by atoms with Gasteiger partial charge < -0.3 is 5.11 Å². The molecule has 0 bridgehead atoms. The second kappa shape index (κ2) is 10.3. The van der Waals surface area contributed by atoms with Crippen molar-refractivity contribution in [2.24, 2.45) is 0 Å². The minimum absolute atomic E-state index is 0.0227. The topological polar surface area (TPSA) is 91.8 Å². The fraction of sp³-hybridized carbons (Fsp3) is 0.400. The van der Waals surface area contributed by atoms with E-state index in [-0.39, 0.29) is 28.7 Å². The maximum absolute atomic E-state index is 13.5. The van der Waals surface area contributed by atoms with Gasteiger partial charge in [-0.1, -0.05) is 36.2 Å². The average Bonchev–Trinajstić information content (AvgIpc) is 2.68. The van der Waals surface area contributed by atoms with Crippen LogP contribution in [0.3, 0.4) is 0 Å². The van der Waals surface area contributed by atoms with Gasteiger partial charge in [-0.25, -0.2) is 16.8 Å². The second-order valence-corrected chi connectivity index (χ2v) is 12.1. The molecule has 0 saturated carbocycles. The molecule has 1 atom stereocenters. The van der Waals surface area contributed by atoms with Crippen LogP contribution in [0.4, 0.5) is 5.69 Å². The van der Waals surface area contributed by atoms with Crippen molar-refractivity contribution in [2.45, 2.75) is 44.2 Å². The summed E-state index contributed by atoms with van der Waals surface area (Å²) in [6, 6.07) is 9.82. The van der Waals surface area contributed by atoms with Gasteiger partial charge in [-0.3, -0.25) is 4.31 Å². The monoisotopic (exact) mass is 493 g/mol. The van der Waals surface area contributed by atoms with Crippen molar-refractivity contribution in [1.82, 2.24) is 0 Å². The highest BCUT2D eigenvalue weighted by Gasteiger charge is 2.31. The van der Waals surface area contributed by atoms with E-state index in [2.05, 4.69) is 0 Å². The predicted molar refractivity (Wildman–Crippen MR) is 122 cm³/mol. The molecule has 0 radical (unpaired) electrons. The molecule has 0 aliphatic carbocycles. The molecular weight excluding hydrogens is 469 g/mol.